The molecular weight excluding hydrogens is 415 g/mol. The van der Waals surface area contributed by atoms with E-state index in [0.29, 0.717) is 22.2 Å². The second-order valence-corrected chi connectivity index (χ2v) is 7.63. The van der Waals surface area contributed by atoms with Gasteiger partial charge in [0.1, 0.15) is 5.75 Å². The Morgan fingerprint density at radius 1 is 1.00 bits per heavy atom. The van der Waals surface area contributed by atoms with Crippen LogP contribution in [0.4, 0.5) is 5.69 Å². The van der Waals surface area contributed by atoms with Gasteiger partial charge >= 0.3 is 0 Å². The molecule has 0 heterocycles. The summed E-state index contributed by atoms with van der Waals surface area (Å²) in [5.74, 6) is 0.425. The molecular formula is C21H24Cl2N2O2S. The van der Waals surface area contributed by atoms with Crippen LogP contribution in [0.2, 0.25) is 10.0 Å². The van der Waals surface area contributed by atoms with Crippen LogP contribution >= 0.6 is 35.4 Å². The van der Waals surface area contributed by atoms with Crippen LogP contribution in [0.15, 0.2) is 42.5 Å². The lowest BCUT2D eigenvalue weighted by atomic mass is 10.2. The van der Waals surface area contributed by atoms with Crippen molar-refractivity contribution in [1.29, 1.82) is 0 Å². The normalized spacial score (nSPS) is 10.4. The van der Waals surface area contributed by atoms with Crippen LogP contribution in [0.3, 0.4) is 0 Å². The topological polar surface area (TPSA) is 50.4 Å². The van der Waals surface area contributed by atoms with Crippen molar-refractivity contribution in [3.8, 4) is 5.75 Å². The quantitative estimate of drug-likeness (QED) is 0.347. The molecule has 0 atom stereocenters. The number of nitrogens with one attached hydrogen (secondary N) is 2. The predicted octanol–water partition coefficient (Wildman–Crippen LogP) is 6.47. The van der Waals surface area contributed by atoms with Gasteiger partial charge in [0.2, 0.25) is 0 Å². The second-order valence-electron chi connectivity index (χ2n) is 6.35. The van der Waals surface area contributed by atoms with E-state index < -0.39 is 0 Å². The summed E-state index contributed by atoms with van der Waals surface area (Å²) in [5, 5.41) is 6.53. The molecule has 2 N–H and O–H groups in total. The van der Waals surface area contributed by atoms with Crippen LogP contribution < -0.4 is 15.4 Å². The lowest BCUT2D eigenvalue weighted by Crippen LogP contribution is -2.34. The van der Waals surface area contributed by atoms with Gasteiger partial charge in [-0.2, -0.15) is 0 Å². The first-order valence-electron chi connectivity index (χ1n) is 9.29. The molecule has 0 aliphatic carbocycles. The number of unbranched alkanes of at least 4 members (excludes halogenated alkanes) is 4. The van der Waals surface area contributed by atoms with Crippen molar-refractivity contribution in [2.75, 3.05) is 11.9 Å². The fraction of sp³-hybridized carbons (Fsp3) is 0.333. The molecule has 2 aromatic rings. The average molecular weight is 439 g/mol. The third-order valence-corrected chi connectivity index (χ3v) is 4.62. The highest BCUT2D eigenvalue weighted by Crippen LogP contribution is 2.19. The Bertz CT molecular complexity index is 777. The van der Waals surface area contributed by atoms with Gasteiger partial charge in [-0.25, -0.2) is 0 Å². The number of carbonyl (C=O) groups is 1. The van der Waals surface area contributed by atoms with Gasteiger partial charge in [0, 0.05) is 21.3 Å². The Morgan fingerprint density at radius 2 is 1.64 bits per heavy atom. The van der Waals surface area contributed by atoms with E-state index in [-0.39, 0.29) is 11.0 Å². The number of anilines is 1. The van der Waals surface area contributed by atoms with Gasteiger partial charge < -0.3 is 10.1 Å². The molecule has 150 valence electrons. The lowest BCUT2D eigenvalue weighted by Gasteiger charge is -2.11. The summed E-state index contributed by atoms with van der Waals surface area (Å²) < 4.78 is 5.74. The monoisotopic (exact) mass is 438 g/mol. The Hall–Kier alpha value is -1.82. The van der Waals surface area contributed by atoms with Gasteiger partial charge in [-0.3, -0.25) is 10.1 Å². The van der Waals surface area contributed by atoms with E-state index in [4.69, 9.17) is 40.2 Å². The van der Waals surface area contributed by atoms with Gasteiger partial charge in [0.25, 0.3) is 5.91 Å². The highest BCUT2D eigenvalue weighted by molar-refractivity contribution is 7.80. The third kappa shape index (κ3) is 8.05. The van der Waals surface area contributed by atoms with E-state index in [1.54, 1.807) is 6.07 Å². The van der Waals surface area contributed by atoms with E-state index in [2.05, 4.69) is 17.6 Å². The molecule has 0 fully saturated rings. The maximum atomic E-state index is 12.2. The molecule has 0 bridgehead atoms. The average Bonchev–Trinajstić information content (AvgIpc) is 2.65. The zero-order valence-electron chi connectivity index (χ0n) is 15.8. The van der Waals surface area contributed by atoms with Crippen molar-refractivity contribution in [3.05, 3.63) is 58.1 Å². The summed E-state index contributed by atoms with van der Waals surface area (Å²) in [5.41, 5.74) is 1.09. The largest absolute Gasteiger partial charge is 0.494 e. The fourth-order valence-corrected chi connectivity index (χ4v) is 3.29. The summed E-state index contributed by atoms with van der Waals surface area (Å²) in [6.07, 6.45) is 6.03. The van der Waals surface area contributed by atoms with Gasteiger partial charge in [0.05, 0.1) is 6.61 Å². The summed E-state index contributed by atoms with van der Waals surface area (Å²) in [6, 6.07) is 12.1. The van der Waals surface area contributed by atoms with Crippen LogP contribution in [0, 0.1) is 0 Å². The molecule has 0 radical (unpaired) electrons. The number of halogens is 2. The highest BCUT2D eigenvalue weighted by Gasteiger charge is 2.10. The van der Waals surface area contributed by atoms with Crippen molar-refractivity contribution >= 4 is 52.1 Å². The van der Waals surface area contributed by atoms with Crippen molar-refractivity contribution in [1.82, 2.24) is 5.32 Å². The number of hydrogen-bond acceptors (Lipinski definition) is 3. The van der Waals surface area contributed by atoms with Crippen LogP contribution in [-0.2, 0) is 0 Å². The molecule has 0 saturated heterocycles. The maximum Gasteiger partial charge on any atom is 0.257 e. The fourth-order valence-electron chi connectivity index (χ4n) is 2.55. The smallest absolute Gasteiger partial charge is 0.257 e. The summed E-state index contributed by atoms with van der Waals surface area (Å²) in [7, 11) is 0. The first-order chi connectivity index (χ1) is 13.5. The lowest BCUT2D eigenvalue weighted by molar-refractivity contribution is 0.0977. The van der Waals surface area contributed by atoms with Gasteiger partial charge in [-0.1, -0.05) is 55.8 Å². The Balaban J connectivity index is 1.78. The molecule has 28 heavy (non-hydrogen) atoms. The molecule has 7 heteroatoms. The van der Waals surface area contributed by atoms with E-state index in [1.807, 2.05) is 24.3 Å². The number of ether oxygens (including phenoxy) is 1. The number of carbonyl (C=O) groups excluding carboxylic acids is 1. The summed E-state index contributed by atoms with van der Waals surface area (Å²) in [4.78, 5) is 12.2. The molecule has 0 unspecified atom stereocenters. The first kappa shape index (κ1) is 22.5. The highest BCUT2D eigenvalue weighted by atomic mass is 35.5. The van der Waals surface area contributed by atoms with E-state index in [0.717, 1.165) is 17.9 Å². The number of thiocarbonyl (C=S) groups is 1. The van der Waals surface area contributed by atoms with Gasteiger partial charge in [0.15, 0.2) is 5.11 Å². The van der Waals surface area contributed by atoms with Gasteiger partial charge in [-0.15, -0.1) is 0 Å². The molecule has 0 aliphatic rings. The Kier molecular flexibility index (Phi) is 9.55. The third-order valence-electron chi connectivity index (χ3n) is 3.98. The van der Waals surface area contributed by atoms with Crippen LogP contribution in [0.1, 0.15) is 49.4 Å². The molecule has 1 amide bonds. The number of rotatable bonds is 9. The van der Waals surface area contributed by atoms with Crippen LogP contribution in [0.5, 0.6) is 5.75 Å². The standard InChI is InChI=1S/C21H24Cl2N2O2S/c1-2-3-4-5-6-11-27-19-9-7-18(8-10-19)24-21(28)25-20(26)15-12-16(22)14-17(23)13-15/h7-10,12-14H,2-6,11H2,1H3,(H2,24,25,26,28). The van der Waals surface area contributed by atoms with E-state index in [9.17, 15) is 4.79 Å². The van der Waals surface area contributed by atoms with Gasteiger partial charge in [-0.05, 0) is 61.1 Å². The molecule has 0 aliphatic heterocycles. The maximum absolute atomic E-state index is 12.2. The zero-order valence-corrected chi connectivity index (χ0v) is 18.1. The van der Waals surface area contributed by atoms with Crippen molar-refractivity contribution in [3.63, 3.8) is 0 Å². The minimum absolute atomic E-state index is 0.186. The molecule has 0 spiro atoms. The zero-order chi connectivity index (χ0) is 20.4. The first-order valence-corrected chi connectivity index (χ1v) is 10.5. The number of hydrogen-bond donors (Lipinski definition) is 2. The SMILES string of the molecule is CCCCCCCOc1ccc(NC(=S)NC(=O)c2cc(Cl)cc(Cl)c2)cc1. The predicted molar refractivity (Wildman–Crippen MR) is 121 cm³/mol. The van der Waals surface area contributed by atoms with Crippen LogP contribution in [-0.4, -0.2) is 17.6 Å². The minimum Gasteiger partial charge on any atom is -0.494 e. The van der Waals surface area contributed by atoms with Crippen molar-refractivity contribution in [2.45, 2.75) is 39.0 Å². The minimum atomic E-state index is -0.384. The summed E-state index contributed by atoms with van der Waals surface area (Å²) >= 11 is 17.0. The molecule has 0 aromatic heterocycles. The Labute approximate surface area is 181 Å². The van der Waals surface area contributed by atoms with Crippen LogP contribution in [0.25, 0.3) is 0 Å². The molecule has 2 rings (SSSR count). The number of benzene rings is 2. The van der Waals surface area contributed by atoms with E-state index >= 15 is 0 Å². The van der Waals surface area contributed by atoms with E-state index in [1.165, 1.54) is 37.8 Å². The summed E-state index contributed by atoms with van der Waals surface area (Å²) in [6.45, 7) is 2.92. The Morgan fingerprint density at radius 3 is 2.29 bits per heavy atom. The molecule has 4 nitrogen and oxygen atoms in total. The molecule has 2 aromatic carbocycles. The number of amides is 1. The molecule has 0 saturated carbocycles. The van der Waals surface area contributed by atoms with Crippen molar-refractivity contribution < 1.29 is 9.53 Å². The van der Waals surface area contributed by atoms with Crippen molar-refractivity contribution in [2.24, 2.45) is 0 Å². The second kappa shape index (κ2) is 11.9.